The normalized spacial score (nSPS) is 18.1. The van der Waals surface area contributed by atoms with Gasteiger partial charge in [0.25, 0.3) is 0 Å². The molecule has 5 heteroatoms. The molecule has 0 unspecified atom stereocenters. The van der Waals surface area contributed by atoms with Crippen LogP contribution in [-0.2, 0) is 20.7 Å². The number of benzene rings is 1. The van der Waals surface area contributed by atoms with Crippen molar-refractivity contribution >= 4 is 11.8 Å². The van der Waals surface area contributed by atoms with Gasteiger partial charge in [0.15, 0.2) is 0 Å². The highest BCUT2D eigenvalue weighted by molar-refractivity contribution is 5.88. The summed E-state index contributed by atoms with van der Waals surface area (Å²) in [6, 6.07) is 9.10. The van der Waals surface area contributed by atoms with Crippen molar-refractivity contribution in [2.45, 2.75) is 57.6 Å². The molecule has 1 heterocycles. The molecule has 5 nitrogen and oxygen atoms in total. The molecule has 0 spiro atoms. The molecule has 0 aromatic heterocycles. The van der Waals surface area contributed by atoms with Crippen molar-refractivity contribution in [3.63, 3.8) is 0 Å². The first-order valence-electron chi connectivity index (χ1n) is 8.91. The predicted octanol–water partition coefficient (Wildman–Crippen LogP) is 2.20. The average Bonchev–Trinajstić information content (AvgIpc) is 3.08. The number of carbonyl (C=O) groups is 2. The highest BCUT2D eigenvalue weighted by Crippen LogP contribution is 2.14. The fraction of sp³-hybridized carbons (Fsp3) is 0.579. The van der Waals surface area contributed by atoms with Gasteiger partial charge in [-0.2, -0.15) is 0 Å². The average molecular weight is 332 g/mol. The Morgan fingerprint density at radius 1 is 1.29 bits per heavy atom. The molecule has 0 bridgehead atoms. The minimum atomic E-state index is -0.462. The number of amides is 2. The molecule has 0 aliphatic carbocycles. The van der Waals surface area contributed by atoms with Crippen LogP contribution in [0.25, 0.3) is 0 Å². The van der Waals surface area contributed by atoms with E-state index in [1.54, 1.807) is 0 Å². The lowest BCUT2D eigenvalue weighted by atomic mass is 10.1. The molecule has 0 radical (unpaired) electrons. The molecule has 132 valence electrons. The third-order valence-corrected chi connectivity index (χ3v) is 4.23. The second kappa shape index (κ2) is 10.1. The molecule has 1 saturated heterocycles. The lowest BCUT2D eigenvalue weighted by Crippen LogP contribution is -2.47. The zero-order valence-corrected chi connectivity index (χ0v) is 14.4. The summed E-state index contributed by atoms with van der Waals surface area (Å²) in [7, 11) is 0. The van der Waals surface area contributed by atoms with E-state index in [2.05, 4.69) is 10.6 Å². The monoisotopic (exact) mass is 332 g/mol. The maximum absolute atomic E-state index is 12.3. The molecule has 1 fully saturated rings. The Balaban J connectivity index is 1.76. The molecule has 0 saturated carbocycles. The Kier molecular flexibility index (Phi) is 7.75. The fourth-order valence-electron chi connectivity index (χ4n) is 2.94. The molecule has 1 aromatic carbocycles. The van der Waals surface area contributed by atoms with Crippen LogP contribution in [-0.4, -0.2) is 37.1 Å². The zero-order chi connectivity index (χ0) is 17.2. The van der Waals surface area contributed by atoms with Gasteiger partial charge in [-0.3, -0.25) is 9.59 Å². The van der Waals surface area contributed by atoms with Crippen molar-refractivity contribution in [3.8, 4) is 0 Å². The largest absolute Gasteiger partial charge is 0.378 e. The Bertz CT molecular complexity index is 513. The maximum Gasteiger partial charge on any atom is 0.242 e. The topological polar surface area (TPSA) is 67.4 Å². The van der Waals surface area contributed by atoms with Gasteiger partial charge in [-0.25, -0.2) is 0 Å². The van der Waals surface area contributed by atoms with Crippen LogP contribution in [0.15, 0.2) is 30.3 Å². The standard InChI is InChI=1S/C19H28N2O3/c1-2-7-17(19(23)20-12-11-16-10-6-13-24-16)21-18(22)14-15-8-4-3-5-9-15/h3-5,8-9,16-17H,2,6-7,10-14H2,1H3,(H,20,23)(H,21,22)/t16-,17-/m0/s1. The van der Waals surface area contributed by atoms with E-state index < -0.39 is 6.04 Å². The van der Waals surface area contributed by atoms with Crippen molar-refractivity contribution in [3.05, 3.63) is 35.9 Å². The molecule has 1 aromatic rings. The Morgan fingerprint density at radius 2 is 2.08 bits per heavy atom. The zero-order valence-electron chi connectivity index (χ0n) is 14.4. The Hall–Kier alpha value is -1.88. The van der Waals surface area contributed by atoms with Gasteiger partial charge in [0, 0.05) is 13.2 Å². The molecule has 2 atom stereocenters. The summed E-state index contributed by atoms with van der Waals surface area (Å²) >= 11 is 0. The number of nitrogens with one attached hydrogen (secondary N) is 2. The van der Waals surface area contributed by atoms with Crippen LogP contribution >= 0.6 is 0 Å². The van der Waals surface area contributed by atoms with Crippen molar-refractivity contribution < 1.29 is 14.3 Å². The van der Waals surface area contributed by atoms with Gasteiger partial charge in [-0.05, 0) is 31.2 Å². The predicted molar refractivity (Wildman–Crippen MR) is 93.6 cm³/mol. The molecule has 24 heavy (non-hydrogen) atoms. The molecule has 1 aliphatic rings. The van der Waals surface area contributed by atoms with Crippen LogP contribution in [0.3, 0.4) is 0 Å². The third kappa shape index (κ3) is 6.32. The molecule has 2 rings (SSSR count). The molecule has 1 aliphatic heterocycles. The second-order valence-corrected chi connectivity index (χ2v) is 6.29. The third-order valence-electron chi connectivity index (χ3n) is 4.23. The molecular weight excluding hydrogens is 304 g/mol. The summed E-state index contributed by atoms with van der Waals surface area (Å²) in [4.78, 5) is 24.5. The number of ether oxygens (including phenoxy) is 1. The van der Waals surface area contributed by atoms with E-state index in [4.69, 9.17) is 4.74 Å². The number of hydrogen-bond acceptors (Lipinski definition) is 3. The van der Waals surface area contributed by atoms with Gasteiger partial charge < -0.3 is 15.4 Å². The first-order valence-corrected chi connectivity index (χ1v) is 8.91. The quantitative estimate of drug-likeness (QED) is 0.728. The molecule has 2 amide bonds. The molecular formula is C19H28N2O3. The number of carbonyl (C=O) groups excluding carboxylic acids is 2. The van der Waals surface area contributed by atoms with Crippen molar-refractivity contribution in [2.75, 3.05) is 13.2 Å². The van der Waals surface area contributed by atoms with Crippen LogP contribution in [0.5, 0.6) is 0 Å². The molecule has 2 N–H and O–H groups in total. The van der Waals surface area contributed by atoms with Crippen molar-refractivity contribution in [1.82, 2.24) is 10.6 Å². The van der Waals surface area contributed by atoms with Crippen molar-refractivity contribution in [2.24, 2.45) is 0 Å². The lowest BCUT2D eigenvalue weighted by molar-refractivity contribution is -0.128. The smallest absolute Gasteiger partial charge is 0.242 e. The van der Waals surface area contributed by atoms with E-state index in [9.17, 15) is 9.59 Å². The van der Waals surface area contributed by atoms with Crippen LogP contribution in [0.1, 0.15) is 44.6 Å². The second-order valence-electron chi connectivity index (χ2n) is 6.29. The number of rotatable bonds is 9. The first kappa shape index (κ1) is 18.5. The van der Waals surface area contributed by atoms with Crippen LogP contribution < -0.4 is 10.6 Å². The Labute approximate surface area is 144 Å². The van der Waals surface area contributed by atoms with Crippen molar-refractivity contribution in [1.29, 1.82) is 0 Å². The summed E-state index contributed by atoms with van der Waals surface area (Å²) in [5, 5.41) is 5.79. The van der Waals surface area contributed by atoms with E-state index in [-0.39, 0.29) is 17.9 Å². The Morgan fingerprint density at radius 3 is 2.75 bits per heavy atom. The fourth-order valence-corrected chi connectivity index (χ4v) is 2.94. The van der Waals surface area contributed by atoms with Crippen LogP contribution in [0, 0.1) is 0 Å². The van der Waals surface area contributed by atoms with Gasteiger partial charge in [0.05, 0.1) is 12.5 Å². The highest BCUT2D eigenvalue weighted by Gasteiger charge is 2.21. The van der Waals surface area contributed by atoms with Gasteiger partial charge >= 0.3 is 0 Å². The summed E-state index contributed by atoms with van der Waals surface area (Å²) < 4.78 is 5.55. The summed E-state index contributed by atoms with van der Waals surface area (Å²) in [5.74, 6) is -0.217. The van der Waals surface area contributed by atoms with E-state index in [0.29, 0.717) is 19.4 Å². The van der Waals surface area contributed by atoms with E-state index in [1.807, 2.05) is 37.3 Å². The van der Waals surface area contributed by atoms with E-state index in [0.717, 1.165) is 37.9 Å². The first-order chi connectivity index (χ1) is 11.7. The minimum absolute atomic E-state index is 0.101. The van der Waals surface area contributed by atoms with Crippen LogP contribution in [0.2, 0.25) is 0 Å². The SMILES string of the molecule is CCC[C@H](NC(=O)Cc1ccccc1)C(=O)NCC[C@@H]1CCCO1. The van der Waals surface area contributed by atoms with E-state index in [1.165, 1.54) is 0 Å². The minimum Gasteiger partial charge on any atom is -0.378 e. The van der Waals surface area contributed by atoms with E-state index >= 15 is 0 Å². The van der Waals surface area contributed by atoms with Gasteiger partial charge in [-0.1, -0.05) is 43.7 Å². The summed E-state index contributed by atoms with van der Waals surface area (Å²) in [6.45, 7) is 3.43. The van der Waals surface area contributed by atoms with Gasteiger partial charge in [0.1, 0.15) is 6.04 Å². The van der Waals surface area contributed by atoms with Gasteiger partial charge in [-0.15, -0.1) is 0 Å². The summed E-state index contributed by atoms with van der Waals surface area (Å²) in [5.41, 5.74) is 0.948. The summed E-state index contributed by atoms with van der Waals surface area (Å²) in [6.07, 6.45) is 5.06. The number of hydrogen-bond donors (Lipinski definition) is 2. The highest BCUT2D eigenvalue weighted by atomic mass is 16.5. The van der Waals surface area contributed by atoms with Crippen LogP contribution in [0.4, 0.5) is 0 Å². The maximum atomic E-state index is 12.3. The van der Waals surface area contributed by atoms with Gasteiger partial charge in [0.2, 0.25) is 11.8 Å². The lowest BCUT2D eigenvalue weighted by Gasteiger charge is -2.18.